The highest BCUT2D eigenvalue weighted by Crippen LogP contribution is 2.31. The fourth-order valence-corrected chi connectivity index (χ4v) is 3.60. The Morgan fingerprint density at radius 3 is 2.45 bits per heavy atom. The van der Waals surface area contributed by atoms with Crippen LogP contribution in [0.15, 0.2) is 30.3 Å². The van der Waals surface area contributed by atoms with E-state index in [-0.39, 0.29) is 5.41 Å². The van der Waals surface area contributed by atoms with Gasteiger partial charge in [-0.3, -0.25) is 4.90 Å². The van der Waals surface area contributed by atoms with E-state index >= 15 is 0 Å². The highest BCUT2D eigenvalue weighted by molar-refractivity contribution is 5.25. The van der Waals surface area contributed by atoms with Gasteiger partial charge in [0.2, 0.25) is 0 Å². The zero-order chi connectivity index (χ0) is 14.8. The van der Waals surface area contributed by atoms with Crippen LogP contribution in [0.1, 0.15) is 39.7 Å². The van der Waals surface area contributed by atoms with Gasteiger partial charge in [-0.15, -0.1) is 0 Å². The van der Waals surface area contributed by atoms with Gasteiger partial charge in [-0.05, 0) is 30.7 Å². The number of nitrogens with two attached hydrogens (primary N) is 1. The molecule has 0 bridgehead atoms. The maximum absolute atomic E-state index is 6.14. The molecule has 2 nitrogen and oxygen atoms in total. The molecule has 0 saturated carbocycles. The second-order valence-electron chi connectivity index (χ2n) is 7.12. The van der Waals surface area contributed by atoms with Crippen LogP contribution in [0.25, 0.3) is 0 Å². The zero-order valence-electron chi connectivity index (χ0n) is 13.5. The third kappa shape index (κ3) is 3.24. The predicted octanol–water partition coefficient (Wildman–Crippen LogP) is 3.27. The largest absolute Gasteiger partial charge is 0.330 e. The molecule has 1 aromatic carbocycles. The molecule has 0 radical (unpaired) electrons. The molecular weight excluding hydrogens is 244 g/mol. The lowest BCUT2D eigenvalue weighted by Gasteiger charge is -2.45. The van der Waals surface area contributed by atoms with Gasteiger partial charge in [-0.1, -0.05) is 51.1 Å². The summed E-state index contributed by atoms with van der Waals surface area (Å²) in [5.41, 5.74) is 7.55. The lowest BCUT2D eigenvalue weighted by atomic mass is 9.79. The van der Waals surface area contributed by atoms with Crippen LogP contribution in [0, 0.1) is 11.8 Å². The van der Waals surface area contributed by atoms with Crippen molar-refractivity contribution in [1.82, 2.24) is 4.90 Å². The molecule has 1 saturated heterocycles. The minimum Gasteiger partial charge on any atom is -0.330 e. The Morgan fingerprint density at radius 2 is 1.85 bits per heavy atom. The molecule has 0 amide bonds. The summed E-state index contributed by atoms with van der Waals surface area (Å²) < 4.78 is 0. The molecule has 1 heterocycles. The first-order valence-corrected chi connectivity index (χ1v) is 7.96. The van der Waals surface area contributed by atoms with E-state index in [9.17, 15) is 0 Å². The molecule has 0 spiro atoms. The number of piperidine rings is 1. The normalized spacial score (nSPS) is 30.9. The summed E-state index contributed by atoms with van der Waals surface area (Å²) >= 11 is 0. The van der Waals surface area contributed by atoms with Crippen molar-refractivity contribution >= 4 is 0 Å². The quantitative estimate of drug-likeness (QED) is 0.913. The first-order chi connectivity index (χ1) is 9.46. The van der Waals surface area contributed by atoms with Gasteiger partial charge in [0.25, 0.3) is 0 Å². The van der Waals surface area contributed by atoms with Crippen LogP contribution in [0.3, 0.4) is 0 Å². The van der Waals surface area contributed by atoms with Crippen molar-refractivity contribution in [3.8, 4) is 0 Å². The predicted molar refractivity (Wildman–Crippen MR) is 86.8 cm³/mol. The first-order valence-electron chi connectivity index (χ1n) is 7.96. The Bertz CT molecular complexity index is 417. The van der Waals surface area contributed by atoms with Crippen molar-refractivity contribution in [1.29, 1.82) is 0 Å². The summed E-state index contributed by atoms with van der Waals surface area (Å²) in [6, 6.07) is 11.4. The molecule has 4 atom stereocenters. The number of likely N-dealkylation sites (tertiary alicyclic amines) is 1. The Balaban J connectivity index is 2.17. The van der Waals surface area contributed by atoms with E-state index in [4.69, 9.17) is 5.73 Å². The van der Waals surface area contributed by atoms with Crippen LogP contribution in [-0.2, 0) is 5.41 Å². The van der Waals surface area contributed by atoms with Gasteiger partial charge < -0.3 is 5.73 Å². The van der Waals surface area contributed by atoms with Crippen molar-refractivity contribution in [3.63, 3.8) is 0 Å². The molecular formula is C18H30N2. The minimum absolute atomic E-state index is 0.0479. The topological polar surface area (TPSA) is 29.3 Å². The zero-order valence-corrected chi connectivity index (χ0v) is 13.5. The molecule has 2 N–H and O–H groups in total. The van der Waals surface area contributed by atoms with Gasteiger partial charge in [0.15, 0.2) is 0 Å². The summed E-state index contributed by atoms with van der Waals surface area (Å²) in [6.45, 7) is 12.4. The highest BCUT2D eigenvalue weighted by Gasteiger charge is 2.34. The first kappa shape index (κ1) is 15.5. The Morgan fingerprint density at radius 1 is 1.20 bits per heavy atom. The lowest BCUT2D eigenvalue weighted by molar-refractivity contribution is 0.0607. The monoisotopic (exact) mass is 274 g/mol. The SMILES string of the molecule is CC1CC(C)C(C)N(CC(C)(CN)c2ccccc2)C1. The number of nitrogens with zero attached hydrogens (tertiary/aromatic N) is 1. The van der Waals surface area contributed by atoms with Crippen LogP contribution in [0.4, 0.5) is 0 Å². The summed E-state index contributed by atoms with van der Waals surface area (Å²) in [5, 5.41) is 0. The Kier molecular flexibility index (Phi) is 4.87. The van der Waals surface area contributed by atoms with Crippen LogP contribution >= 0.6 is 0 Å². The van der Waals surface area contributed by atoms with Gasteiger partial charge in [-0.2, -0.15) is 0 Å². The summed E-state index contributed by atoms with van der Waals surface area (Å²) in [6.07, 6.45) is 1.35. The maximum Gasteiger partial charge on any atom is 0.0174 e. The Hall–Kier alpha value is -0.860. The van der Waals surface area contributed by atoms with Gasteiger partial charge in [0.05, 0.1) is 0 Å². The molecule has 4 unspecified atom stereocenters. The highest BCUT2D eigenvalue weighted by atomic mass is 15.2. The van der Waals surface area contributed by atoms with Crippen LogP contribution in [0.2, 0.25) is 0 Å². The van der Waals surface area contributed by atoms with E-state index in [1.807, 2.05) is 0 Å². The van der Waals surface area contributed by atoms with Gasteiger partial charge in [-0.25, -0.2) is 0 Å². The van der Waals surface area contributed by atoms with Crippen molar-refractivity contribution in [2.75, 3.05) is 19.6 Å². The molecule has 1 aliphatic rings. The third-order valence-corrected chi connectivity index (χ3v) is 5.19. The van der Waals surface area contributed by atoms with E-state index < -0.39 is 0 Å². The molecule has 2 heteroatoms. The molecule has 20 heavy (non-hydrogen) atoms. The summed E-state index contributed by atoms with van der Waals surface area (Å²) in [7, 11) is 0. The van der Waals surface area contributed by atoms with E-state index in [1.165, 1.54) is 18.5 Å². The molecule has 1 aliphatic heterocycles. The average molecular weight is 274 g/mol. The third-order valence-electron chi connectivity index (χ3n) is 5.19. The minimum atomic E-state index is 0.0479. The molecule has 2 rings (SSSR count). The van der Waals surface area contributed by atoms with Crippen LogP contribution in [-0.4, -0.2) is 30.6 Å². The van der Waals surface area contributed by atoms with E-state index in [0.29, 0.717) is 12.6 Å². The molecule has 0 aliphatic carbocycles. The van der Waals surface area contributed by atoms with Crippen molar-refractivity contribution in [2.45, 2.75) is 45.6 Å². The second kappa shape index (κ2) is 6.28. The Labute approximate surface area is 124 Å². The standard InChI is InChI=1S/C18H30N2/c1-14-10-15(2)16(3)20(11-14)13-18(4,12-19)17-8-6-5-7-9-17/h5-9,14-16H,10-13,19H2,1-4H3. The van der Waals surface area contributed by atoms with Crippen molar-refractivity contribution < 1.29 is 0 Å². The number of benzene rings is 1. The lowest BCUT2D eigenvalue weighted by Crippen LogP contribution is -2.52. The number of hydrogen-bond acceptors (Lipinski definition) is 2. The van der Waals surface area contributed by atoms with Gasteiger partial charge in [0, 0.05) is 31.1 Å². The van der Waals surface area contributed by atoms with Crippen molar-refractivity contribution in [2.24, 2.45) is 17.6 Å². The van der Waals surface area contributed by atoms with E-state index in [1.54, 1.807) is 0 Å². The number of rotatable bonds is 4. The van der Waals surface area contributed by atoms with E-state index in [2.05, 4.69) is 62.9 Å². The van der Waals surface area contributed by atoms with Gasteiger partial charge >= 0.3 is 0 Å². The van der Waals surface area contributed by atoms with Crippen LogP contribution in [0.5, 0.6) is 0 Å². The smallest absolute Gasteiger partial charge is 0.0174 e. The molecule has 1 aromatic rings. The second-order valence-corrected chi connectivity index (χ2v) is 7.12. The summed E-state index contributed by atoms with van der Waals surface area (Å²) in [4.78, 5) is 2.65. The van der Waals surface area contributed by atoms with Crippen molar-refractivity contribution in [3.05, 3.63) is 35.9 Å². The molecule has 1 fully saturated rings. The number of hydrogen-bond donors (Lipinski definition) is 1. The average Bonchev–Trinajstić information content (AvgIpc) is 2.45. The fourth-order valence-electron chi connectivity index (χ4n) is 3.60. The van der Waals surface area contributed by atoms with Crippen LogP contribution < -0.4 is 5.73 Å². The van der Waals surface area contributed by atoms with E-state index in [0.717, 1.165) is 18.4 Å². The summed E-state index contributed by atoms with van der Waals surface area (Å²) in [5.74, 6) is 1.57. The molecule has 112 valence electrons. The van der Waals surface area contributed by atoms with Gasteiger partial charge in [0.1, 0.15) is 0 Å². The maximum atomic E-state index is 6.14. The fraction of sp³-hybridized carbons (Fsp3) is 0.667. The molecule has 0 aromatic heterocycles.